The molecule has 0 saturated heterocycles. The summed E-state index contributed by atoms with van der Waals surface area (Å²) in [6.45, 7) is 0. The molecule has 52 heavy (non-hydrogen) atoms. The Bertz CT molecular complexity index is 2820. The third-order valence-corrected chi connectivity index (χ3v) is 10.1. The fourth-order valence-electron chi connectivity index (χ4n) is 7.69. The number of fused-ring (bicyclic) bond motifs is 6. The summed E-state index contributed by atoms with van der Waals surface area (Å²) in [5.41, 5.74) is 14.2. The van der Waals surface area contributed by atoms with E-state index >= 15 is 0 Å². The lowest BCUT2D eigenvalue weighted by molar-refractivity contribution is 1.07. The van der Waals surface area contributed by atoms with Crippen molar-refractivity contribution in [2.75, 3.05) is 0 Å². The van der Waals surface area contributed by atoms with Crippen molar-refractivity contribution in [2.24, 2.45) is 0 Å². The van der Waals surface area contributed by atoms with E-state index in [-0.39, 0.29) is 0 Å². The van der Waals surface area contributed by atoms with E-state index in [1.54, 1.807) is 0 Å². The lowest BCUT2D eigenvalue weighted by atomic mass is 9.95. The molecule has 5 heteroatoms. The van der Waals surface area contributed by atoms with E-state index in [1.807, 2.05) is 72.8 Å². The van der Waals surface area contributed by atoms with Gasteiger partial charge in [-0.2, -0.15) is 5.26 Å². The molecule has 0 aliphatic heterocycles. The number of hydrogen-bond donors (Lipinski definition) is 0. The number of aromatic nitrogens is 4. The fourth-order valence-corrected chi connectivity index (χ4v) is 7.69. The molecule has 0 spiro atoms. The highest BCUT2D eigenvalue weighted by Gasteiger charge is 2.22. The highest BCUT2D eigenvalue weighted by Crippen LogP contribution is 2.43. The van der Waals surface area contributed by atoms with Crippen LogP contribution in [0.25, 0.3) is 83.9 Å². The van der Waals surface area contributed by atoms with E-state index < -0.39 is 0 Å². The first-order valence-electron chi connectivity index (χ1n) is 17.4. The van der Waals surface area contributed by atoms with Crippen molar-refractivity contribution in [1.29, 1.82) is 5.26 Å². The average Bonchev–Trinajstić information content (AvgIpc) is 3.76. The van der Waals surface area contributed by atoms with Gasteiger partial charge in [-0.25, -0.2) is 15.0 Å². The van der Waals surface area contributed by atoms with E-state index in [0.717, 1.165) is 56.2 Å². The van der Waals surface area contributed by atoms with Gasteiger partial charge in [0.1, 0.15) is 0 Å². The van der Waals surface area contributed by atoms with Gasteiger partial charge in [0, 0.05) is 33.2 Å². The minimum atomic E-state index is 0.599. The van der Waals surface area contributed by atoms with Gasteiger partial charge in [0.15, 0.2) is 17.5 Å². The van der Waals surface area contributed by atoms with Gasteiger partial charge in [0.25, 0.3) is 0 Å². The van der Waals surface area contributed by atoms with Gasteiger partial charge in [-0.15, -0.1) is 0 Å². The van der Waals surface area contributed by atoms with Crippen LogP contribution in [0.2, 0.25) is 0 Å². The maximum Gasteiger partial charge on any atom is 0.164 e. The van der Waals surface area contributed by atoms with E-state index in [4.69, 9.17) is 15.0 Å². The van der Waals surface area contributed by atoms with E-state index in [9.17, 15) is 5.26 Å². The molecule has 0 radical (unpaired) electrons. The minimum absolute atomic E-state index is 0.599. The molecule has 0 atom stereocenters. The molecule has 5 nitrogen and oxygen atoms in total. The molecule has 0 N–H and O–H groups in total. The summed E-state index contributed by atoms with van der Waals surface area (Å²) in [4.78, 5) is 14.9. The summed E-state index contributed by atoms with van der Waals surface area (Å²) in [6.07, 6.45) is 0.915. The van der Waals surface area contributed by atoms with Crippen LogP contribution in [0.15, 0.2) is 164 Å². The predicted octanol–water partition coefficient (Wildman–Crippen LogP) is 11.1. The summed E-state index contributed by atoms with van der Waals surface area (Å²) >= 11 is 0. The van der Waals surface area contributed by atoms with Gasteiger partial charge in [0.05, 0.1) is 22.7 Å². The highest BCUT2D eigenvalue weighted by molar-refractivity contribution is 6.11. The molecule has 2 aromatic heterocycles. The summed E-state index contributed by atoms with van der Waals surface area (Å²) in [7, 11) is 0. The van der Waals surface area contributed by atoms with Crippen LogP contribution in [0.3, 0.4) is 0 Å². The Morgan fingerprint density at radius 2 is 1.10 bits per heavy atom. The van der Waals surface area contributed by atoms with Crippen molar-refractivity contribution >= 4 is 21.8 Å². The fraction of sp³-hybridized carbons (Fsp3) is 0.0213. The zero-order valence-electron chi connectivity index (χ0n) is 28.0. The third-order valence-electron chi connectivity index (χ3n) is 10.1. The topological polar surface area (TPSA) is 67.4 Å². The summed E-state index contributed by atoms with van der Waals surface area (Å²) in [5.74, 6) is 1.85. The quantitative estimate of drug-likeness (QED) is 0.184. The number of hydrogen-bond acceptors (Lipinski definition) is 4. The number of rotatable bonds is 5. The lowest BCUT2D eigenvalue weighted by Crippen LogP contribution is -2.01. The molecule has 2 heterocycles. The van der Waals surface area contributed by atoms with Crippen LogP contribution in [0.4, 0.5) is 0 Å². The Morgan fingerprint density at radius 3 is 1.85 bits per heavy atom. The summed E-state index contributed by atoms with van der Waals surface area (Å²) < 4.78 is 2.30. The van der Waals surface area contributed by atoms with Gasteiger partial charge in [0.2, 0.25) is 0 Å². The summed E-state index contributed by atoms with van der Waals surface area (Å²) in [6, 6.07) is 58.9. The van der Waals surface area contributed by atoms with Crippen LogP contribution in [0, 0.1) is 11.3 Å². The Hall–Kier alpha value is -7.16. The second kappa shape index (κ2) is 12.0. The SMILES string of the molecule is N#Cc1ccc2c(c1)c1ccc(-c3cccc4c3Cc3ccccc3-4)cc1n2-c1cccc(-c2nc(-c3ccccc3)nc(-c3ccccc3)n2)c1. The van der Waals surface area contributed by atoms with Crippen molar-refractivity contribution in [3.05, 3.63) is 180 Å². The smallest absolute Gasteiger partial charge is 0.164 e. The minimum Gasteiger partial charge on any atom is -0.309 e. The lowest BCUT2D eigenvalue weighted by Gasteiger charge is -2.13. The average molecular weight is 664 g/mol. The van der Waals surface area contributed by atoms with E-state index in [1.165, 1.54) is 27.8 Å². The second-order valence-corrected chi connectivity index (χ2v) is 13.2. The first-order chi connectivity index (χ1) is 25.7. The van der Waals surface area contributed by atoms with Crippen molar-refractivity contribution in [1.82, 2.24) is 19.5 Å². The normalized spacial score (nSPS) is 11.8. The molecule has 0 amide bonds. The number of nitriles is 1. The van der Waals surface area contributed by atoms with Crippen molar-refractivity contribution in [3.8, 4) is 68.2 Å². The molecular weight excluding hydrogens is 635 g/mol. The molecular formula is C47H29N5. The zero-order valence-corrected chi connectivity index (χ0v) is 28.0. The predicted molar refractivity (Wildman–Crippen MR) is 209 cm³/mol. The molecule has 242 valence electrons. The Balaban J connectivity index is 1.17. The zero-order chi connectivity index (χ0) is 34.6. The molecule has 0 fully saturated rings. The van der Waals surface area contributed by atoms with Crippen LogP contribution in [0.5, 0.6) is 0 Å². The van der Waals surface area contributed by atoms with Gasteiger partial charge in [-0.05, 0) is 76.2 Å². The Kier molecular flexibility index (Phi) is 6.87. The maximum atomic E-state index is 9.85. The standard InChI is InChI=1S/C47H29N5/c48-29-30-21-24-43-42(25-30)40-23-22-34(38-19-10-20-39-37-18-8-7-15-33(37)27-41(38)39)28-44(40)52(43)36-17-9-16-35(26-36)47-50-45(31-11-3-1-4-12-31)49-46(51-47)32-13-5-2-6-14-32/h1-26,28H,27H2. The first-order valence-corrected chi connectivity index (χ1v) is 17.4. The molecule has 7 aromatic carbocycles. The van der Waals surface area contributed by atoms with Gasteiger partial charge < -0.3 is 4.57 Å². The van der Waals surface area contributed by atoms with E-state index in [0.29, 0.717) is 23.0 Å². The van der Waals surface area contributed by atoms with Crippen molar-refractivity contribution in [3.63, 3.8) is 0 Å². The van der Waals surface area contributed by atoms with Gasteiger partial charge in [-0.1, -0.05) is 127 Å². The van der Waals surface area contributed by atoms with Crippen LogP contribution in [-0.2, 0) is 6.42 Å². The molecule has 0 bridgehead atoms. The highest BCUT2D eigenvalue weighted by atomic mass is 15.0. The van der Waals surface area contributed by atoms with Crippen LogP contribution >= 0.6 is 0 Å². The molecule has 0 saturated carbocycles. The van der Waals surface area contributed by atoms with E-state index in [2.05, 4.69) is 102 Å². The maximum absolute atomic E-state index is 9.85. The monoisotopic (exact) mass is 663 g/mol. The van der Waals surface area contributed by atoms with Crippen LogP contribution in [-0.4, -0.2) is 19.5 Å². The molecule has 1 aliphatic rings. The largest absolute Gasteiger partial charge is 0.309 e. The van der Waals surface area contributed by atoms with Crippen molar-refractivity contribution < 1.29 is 0 Å². The van der Waals surface area contributed by atoms with Crippen LogP contribution < -0.4 is 0 Å². The molecule has 10 rings (SSSR count). The molecule has 1 aliphatic carbocycles. The molecule has 0 unspecified atom stereocenters. The Morgan fingerprint density at radius 1 is 0.462 bits per heavy atom. The second-order valence-electron chi connectivity index (χ2n) is 13.2. The summed E-state index contributed by atoms with van der Waals surface area (Å²) in [5, 5.41) is 12.0. The Labute approximate surface area is 300 Å². The number of benzene rings is 7. The first kappa shape index (κ1) is 29.7. The number of nitrogens with zero attached hydrogens (tertiary/aromatic N) is 5. The third kappa shape index (κ3) is 4.89. The van der Waals surface area contributed by atoms with Gasteiger partial charge in [-0.3, -0.25) is 0 Å². The molecule has 9 aromatic rings. The van der Waals surface area contributed by atoms with Gasteiger partial charge >= 0.3 is 0 Å². The van der Waals surface area contributed by atoms with Crippen LogP contribution in [0.1, 0.15) is 16.7 Å². The van der Waals surface area contributed by atoms with Crippen molar-refractivity contribution in [2.45, 2.75) is 6.42 Å².